The average molecular weight is 293 g/mol. The Balaban J connectivity index is 2.20. The van der Waals surface area contributed by atoms with Crippen molar-refractivity contribution in [1.82, 2.24) is 0 Å². The normalized spacial score (nSPS) is 10.5. The number of hydrogen-bond donors (Lipinski definition) is 0. The first kappa shape index (κ1) is 15.1. The zero-order valence-electron chi connectivity index (χ0n) is 11.4. The highest BCUT2D eigenvalue weighted by atomic mass is 19.1. The largest absolute Gasteiger partial charge is 0.364 e. The third-order valence-corrected chi connectivity index (χ3v) is 3.12. The Labute approximate surface area is 120 Å². The van der Waals surface area contributed by atoms with Gasteiger partial charge in [-0.05, 0) is 37.3 Å². The minimum Gasteiger partial charge on any atom is -0.364 e. The molecule has 0 amide bonds. The fourth-order valence-corrected chi connectivity index (χ4v) is 2.03. The summed E-state index contributed by atoms with van der Waals surface area (Å²) in [7, 11) is 0. The van der Waals surface area contributed by atoms with Crippen LogP contribution in [0.15, 0.2) is 42.5 Å². The topological polar surface area (TPSA) is 20.3 Å². The molecule has 5 heteroatoms. The molecule has 21 heavy (non-hydrogen) atoms. The summed E-state index contributed by atoms with van der Waals surface area (Å²) >= 11 is 0. The number of carbonyl (C=O) groups is 1. The molecule has 0 unspecified atom stereocenters. The highest BCUT2D eigenvalue weighted by molar-refractivity contribution is 5.99. The first-order chi connectivity index (χ1) is 10.0. The van der Waals surface area contributed by atoms with Gasteiger partial charge >= 0.3 is 0 Å². The van der Waals surface area contributed by atoms with Crippen molar-refractivity contribution in [2.75, 3.05) is 18.0 Å². The molecule has 110 valence electrons. The van der Waals surface area contributed by atoms with Gasteiger partial charge in [0.1, 0.15) is 17.5 Å². The molecule has 0 saturated heterocycles. The fraction of sp³-hybridized carbons (Fsp3) is 0.188. The molecule has 0 fully saturated rings. The number of halogens is 3. The van der Waals surface area contributed by atoms with Crippen LogP contribution < -0.4 is 4.90 Å². The van der Waals surface area contributed by atoms with Crippen LogP contribution in [0.1, 0.15) is 17.3 Å². The van der Waals surface area contributed by atoms with Gasteiger partial charge in [-0.1, -0.05) is 6.07 Å². The first-order valence-corrected chi connectivity index (χ1v) is 6.50. The predicted octanol–water partition coefficient (Wildman–Crippen LogP) is 3.81. The number of rotatable bonds is 5. The van der Waals surface area contributed by atoms with Gasteiger partial charge < -0.3 is 4.90 Å². The number of ketones is 1. The van der Waals surface area contributed by atoms with Crippen LogP contribution in [-0.2, 0) is 0 Å². The van der Waals surface area contributed by atoms with Crippen molar-refractivity contribution >= 4 is 11.5 Å². The molecule has 0 spiro atoms. The minimum absolute atomic E-state index is 0.109. The summed E-state index contributed by atoms with van der Waals surface area (Å²) in [5.41, 5.74) is 0.361. The van der Waals surface area contributed by atoms with Gasteiger partial charge in [0.05, 0.1) is 12.1 Å². The second kappa shape index (κ2) is 6.43. The lowest BCUT2D eigenvalue weighted by Crippen LogP contribution is -2.30. The third kappa shape index (κ3) is 3.62. The molecular formula is C16H14F3NO. The number of Topliss-reactive ketones (excluding diaryl/α,β-unsaturated/α-hetero) is 1. The molecule has 2 rings (SSSR count). The standard InChI is InChI=1S/C16H14F3NO/c1-2-20(13-5-3-4-11(17)8-13)10-16(21)14-7-6-12(18)9-15(14)19/h3-9H,2,10H2,1H3. The second-order valence-corrected chi connectivity index (χ2v) is 4.54. The van der Waals surface area contributed by atoms with Gasteiger partial charge in [-0.15, -0.1) is 0 Å². The van der Waals surface area contributed by atoms with Crippen molar-refractivity contribution in [3.05, 3.63) is 65.5 Å². The van der Waals surface area contributed by atoms with Gasteiger partial charge in [-0.3, -0.25) is 4.79 Å². The molecule has 0 aliphatic heterocycles. The molecule has 0 aliphatic rings. The van der Waals surface area contributed by atoms with E-state index in [1.165, 1.54) is 18.2 Å². The van der Waals surface area contributed by atoms with E-state index < -0.39 is 23.2 Å². The van der Waals surface area contributed by atoms with E-state index in [0.29, 0.717) is 18.3 Å². The molecule has 0 aliphatic carbocycles. The quantitative estimate of drug-likeness (QED) is 0.781. The molecule has 0 bridgehead atoms. The fourth-order valence-electron chi connectivity index (χ4n) is 2.03. The summed E-state index contributed by atoms with van der Waals surface area (Å²) < 4.78 is 39.6. The van der Waals surface area contributed by atoms with E-state index in [1.807, 2.05) is 0 Å². The van der Waals surface area contributed by atoms with E-state index in [9.17, 15) is 18.0 Å². The van der Waals surface area contributed by atoms with Crippen molar-refractivity contribution in [3.63, 3.8) is 0 Å². The average Bonchev–Trinajstić information content (AvgIpc) is 2.44. The number of hydrogen-bond acceptors (Lipinski definition) is 2. The molecule has 0 radical (unpaired) electrons. The Morgan fingerprint density at radius 2 is 1.76 bits per heavy atom. The maximum Gasteiger partial charge on any atom is 0.185 e. The van der Waals surface area contributed by atoms with Gasteiger partial charge in [-0.25, -0.2) is 13.2 Å². The lowest BCUT2D eigenvalue weighted by atomic mass is 10.1. The monoisotopic (exact) mass is 293 g/mol. The van der Waals surface area contributed by atoms with Gasteiger partial charge in [-0.2, -0.15) is 0 Å². The number of benzene rings is 2. The summed E-state index contributed by atoms with van der Waals surface area (Å²) in [5.74, 6) is -2.53. The predicted molar refractivity (Wildman–Crippen MR) is 75.0 cm³/mol. The molecule has 2 nitrogen and oxygen atoms in total. The van der Waals surface area contributed by atoms with Crippen LogP contribution in [0.3, 0.4) is 0 Å². The van der Waals surface area contributed by atoms with Crippen LogP contribution in [-0.4, -0.2) is 18.9 Å². The van der Waals surface area contributed by atoms with Crippen molar-refractivity contribution < 1.29 is 18.0 Å². The maximum atomic E-state index is 13.6. The van der Waals surface area contributed by atoms with E-state index in [4.69, 9.17) is 0 Å². The van der Waals surface area contributed by atoms with Crippen molar-refractivity contribution in [3.8, 4) is 0 Å². The summed E-state index contributed by atoms with van der Waals surface area (Å²) in [6.45, 7) is 2.15. The van der Waals surface area contributed by atoms with Crippen LogP contribution in [0.2, 0.25) is 0 Å². The zero-order valence-corrected chi connectivity index (χ0v) is 11.4. The number of carbonyl (C=O) groups excluding carboxylic acids is 1. The van der Waals surface area contributed by atoms with E-state index in [1.54, 1.807) is 17.9 Å². The highest BCUT2D eigenvalue weighted by Crippen LogP contribution is 2.17. The number of likely N-dealkylation sites (N-methyl/N-ethyl adjacent to an activating group) is 1. The van der Waals surface area contributed by atoms with Crippen molar-refractivity contribution in [2.45, 2.75) is 6.92 Å². The Bertz CT molecular complexity index is 658. The van der Waals surface area contributed by atoms with Gasteiger partial charge in [0.2, 0.25) is 0 Å². The van der Waals surface area contributed by atoms with Crippen LogP contribution in [0, 0.1) is 17.5 Å². The number of nitrogens with zero attached hydrogens (tertiary/aromatic N) is 1. The third-order valence-electron chi connectivity index (χ3n) is 3.12. The lowest BCUT2D eigenvalue weighted by molar-refractivity contribution is 0.0995. The summed E-state index contributed by atoms with van der Waals surface area (Å²) in [6.07, 6.45) is 0. The van der Waals surface area contributed by atoms with E-state index >= 15 is 0 Å². The summed E-state index contributed by atoms with van der Waals surface area (Å²) in [5, 5.41) is 0. The molecule has 2 aromatic rings. The smallest absolute Gasteiger partial charge is 0.185 e. The van der Waals surface area contributed by atoms with Gasteiger partial charge in [0.15, 0.2) is 5.78 Å². The van der Waals surface area contributed by atoms with Crippen LogP contribution in [0.5, 0.6) is 0 Å². The van der Waals surface area contributed by atoms with Crippen LogP contribution in [0.25, 0.3) is 0 Å². The summed E-state index contributed by atoms with van der Waals surface area (Å²) in [6, 6.07) is 8.64. The SMILES string of the molecule is CCN(CC(=O)c1ccc(F)cc1F)c1cccc(F)c1. The van der Waals surface area contributed by atoms with E-state index in [2.05, 4.69) is 0 Å². The van der Waals surface area contributed by atoms with E-state index in [-0.39, 0.29) is 12.1 Å². The summed E-state index contributed by atoms with van der Waals surface area (Å²) in [4.78, 5) is 13.7. The zero-order chi connectivity index (χ0) is 15.4. The second-order valence-electron chi connectivity index (χ2n) is 4.54. The van der Waals surface area contributed by atoms with E-state index in [0.717, 1.165) is 12.1 Å². The molecular weight excluding hydrogens is 279 g/mol. The Morgan fingerprint density at radius 3 is 2.38 bits per heavy atom. The Hall–Kier alpha value is -2.30. The number of anilines is 1. The lowest BCUT2D eigenvalue weighted by Gasteiger charge is -2.22. The highest BCUT2D eigenvalue weighted by Gasteiger charge is 2.16. The van der Waals surface area contributed by atoms with Crippen LogP contribution in [0.4, 0.5) is 18.9 Å². The molecule has 0 N–H and O–H groups in total. The van der Waals surface area contributed by atoms with Gasteiger partial charge in [0.25, 0.3) is 0 Å². The Morgan fingerprint density at radius 1 is 1.05 bits per heavy atom. The molecule has 2 aromatic carbocycles. The van der Waals surface area contributed by atoms with Crippen LogP contribution >= 0.6 is 0 Å². The molecule has 0 aromatic heterocycles. The molecule has 0 atom stereocenters. The first-order valence-electron chi connectivity index (χ1n) is 6.50. The van der Waals surface area contributed by atoms with Crippen molar-refractivity contribution in [1.29, 1.82) is 0 Å². The van der Waals surface area contributed by atoms with Crippen molar-refractivity contribution in [2.24, 2.45) is 0 Å². The Kier molecular flexibility index (Phi) is 4.62. The van der Waals surface area contributed by atoms with Gasteiger partial charge in [0, 0.05) is 18.3 Å². The maximum absolute atomic E-state index is 13.6. The molecule has 0 heterocycles. The molecule has 0 saturated carbocycles. The minimum atomic E-state index is -0.893.